The Bertz CT molecular complexity index is 3680. The SMILES string of the molecule is CCP(=O)(CC)c1ccc(Nc2ncc3ccn(-c4ccccc4S(=O)(=O)C(C)C)c3n2)c(OC)c1.CCP(=O)(CC)c1cccc(Nc2cccc3cnc(Nc4ccc(-n5cnc(C)c5)cc4OC)nc23)c1. The van der Waals surface area contributed by atoms with E-state index in [1.54, 1.807) is 81.8 Å². The number of nitrogens with one attached hydrogen (secondary N) is 3. The fourth-order valence-electron chi connectivity index (χ4n) is 8.49. The number of ether oxygens (including phenoxy) is 2. The van der Waals surface area contributed by atoms with Gasteiger partial charge in [0, 0.05) is 82.6 Å². The van der Waals surface area contributed by atoms with Crippen molar-refractivity contribution in [2.45, 2.75) is 58.6 Å². The number of hydrogen-bond donors (Lipinski definition) is 3. The monoisotopic (exact) mass is 1050 g/mol. The van der Waals surface area contributed by atoms with Gasteiger partial charge in [-0.05, 0) is 87.5 Å². The maximum Gasteiger partial charge on any atom is 0.229 e. The Labute approximate surface area is 432 Å². The summed E-state index contributed by atoms with van der Waals surface area (Å²) in [5.74, 6) is 1.98. The van der Waals surface area contributed by atoms with Crippen LogP contribution < -0.4 is 36.0 Å². The highest BCUT2D eigenvalue weighted by Crippen LogP contribution is 2.46. The Morgan fingerprint density at radius 2 is 1.26 bits per heavy atom. The molecular weight excluding hydrogens is 991 g/mol. The standard InChI is InChI=1S/C29H31N6O2P.C26H31N4O4PS/c1-5-38(36,6-2)24-11-8-10-22(15-24)32-26-12-7-9-21-17-30-29(34-28(21)26)33-25-14-13-23(16-27(25)37-4)35-18-20(3)31-19-35;1-6-35(31,7-2)20-12-13-21(23(16-20)34-5)28-26-27-17-19-14-15-30(25(19)29-26)22-10-8-9-11-24(22)36(32,33)18(3)4/h7-19,32H,5-6H2,1-4H3,(H,30,33,34);8-18H,6-7H2,1-5H3,(H,27,28,29). The first-order valence-electron chi connectivity index (χ1n) is 24.5. The van der Waals surface area contributed by atoms with Crippen molar-refractivity contribution in [3.63, 3.8) is 0 Å². The Hall–Kier alpha value is -7.32. The van der Waals surface area contributed by atoms with E-state index in [1.165, 1.54) is 0 Å². The van der Waals surface area contributed by atoms with Gasteiger partial charge >= 0.3 is 0 Å². The highest BCUT2D eigenvalue weighted by atomic mass is 32.2. The van der Waals surface area contributed by atoms with Crippen LogP contribution in [0.1, 0.15) is 47.2 Å². The minimum absolute atomic E-state index is 0.249. The van der Waals surface area contributed by atoms with Gasteiger partial charge in [0.25, 0.3) is 0 Å². The first-order chi connectivity index (χ1) is 35.6. The van der Waals surface area contributed by atoms with E-state index >= 15 is 0 Å². The Morgan fingerprint density at radius 3 is 1.91 bits per heavy atom. The maximum absolute atomic E-state index is 13.3. The van der Waals surface area contributed by atoms with Crippen LogP contribution in [0, 0.1) is 6.92 Å². The molecule has 3 N–H and O–H groups in total. The van der Waals surface area contributed by atoms with Crippen LogP contribution in [0.4, 0.5) is 34.6 Å². The largest absolute Gasteiger partial charge is 0.495 e. The van der Waals surface area contributed by atoms with Crippen molar-refractivity contribution in [3.8, 4) is 22.9 Å². The summed E-state index contributed by atoms with van der Waals surface area (Å²) in [4.78, 5) is 23.0. The van der Waals surface area contributed by atoms with Gasteiger partial charge in [-0.25, -0.2) is 28.4 Å². The van der Waals surface area contributed by atoms with Crippen molar-refractivity contribution >= 4 is 91.3 Å². The Morgan fingerprint density at radius 1 is 0.635 bits per heavy atom. The highest BCUT2D eigenvalue weighted by Gasteiger charge is 2.25. The molecule has 0 spiro atoms. The van der Waals surface area contributed by atoms with Gasteiger partial charge in [-0.15, -0.1) is 0 Å². The van der Waals surface area contributed by atoms with Crippen LogP contribution in [0.2, 0.25) is 0 Å². The van der Waals surface area contributed by atoms with Crippen LogP contribution >= 0.6 is 14.3 Å². The number of imidazole rings is 1. The Balaban J connectivity index is 0.000000197. The molecule has 5 aromatic carbocycles. The molecule has 0 aliphatic carbocycles. The first kappa shape index (κ1) is 53.0. The lowest BCUT2D eigenvalue weighted by Crippen LogP contribution is -2.16. The molecule has 4 aromatic heterocycles. The number of fused-ring (bicyclic) bond motifs is 2. The fraction of sp³-hybridized carbons (Fsp3) is 0.255. The molecule has 0 unspecified atom stereocenters. The number of methoxy groups -OCH3 is 2. The second-order valence-electron chi connectivity index (χ2n) is 17.8. The average molecular weight is 1050 g/mol. The molecule has 0 radical (unpaired) electrons. The number of sulfone groups is 1. The van der Waals surface area contributed by atoms with Gasteiger partial charge in [0.2, 0.25) is 11.9 Å². The zero-order valence-corrected chi connectivity index (χ0v) is 45.7. The van der Waals surface area contributed by atoms with Gasteiger partial charge in [0.1, 0.15) is 31.4 Å². The van der Waals surface area contributed by atoms with Crippen molar-refractivity contribution < 1.29 is 27.0 Å². The molecular formula is C55H62N10O6P2S. The minimum Gasteiger partial charge on any atom is -0.495 e. The second-order valence-corrected chi connectivity index (χ2v) is 27.4. The Kier molecular flexibility index (Phi) is 16.1. The zero-order chi connectivity index (χ0) is 52.8. The summed E-state index contributed by atoms with van der Waals surface area (Å²) in [5, 5.41) is 12.8. The number of anilines is 6. The fourth-order valence-corrected chi connectivity index (χ4v) is 13.5. The van der Waals surface area contributed by atoms with Crippen LogP contribution in [0.3, 0.4) is 0 Å². The molecule has 0 aliphatic heterocycles. The number of nitrogens with zero attached hydrogens (tertiary/aromatic N) is 7. The molecule has 19 heteroatoms. The summed E-state index contributed by atoms with van der Waals surface area (Å²) in [6, 6.07) is 33.9. The smallest absolute Gasteiger partial charge is 0.229 e. The number of aromatic nitrogens is 7. The van der Waals surface area contributed by atoms with Crippen molar-refractivity contribution in [2.75, 3.05) is 54.8 Å². The topological polar surface area (TPSA) is 197 Å². The van der Waals surface area contributed by atoms with Crippen LogP contribution in [-0.2, 0) is 19.0 Å². The van der Waals surface area contributed by atoms with Crippen molar-refractivity contribution in [1.29, 1.82) is 0 Å². The van der Waals surface area contributed by atoms with Gasteiger partial charge in [-0.3, -0.25) is 4.57 Å². The van der Waals surface area contributed by atoms with Crippen molar-refractivity contribution in [2.24, 2.45) is 0 Å². The van der Waals surface area contributed by atoms with E-state index in [2.05, 4.69) is 35.9 Å². The third kappa shape index (κ3) is 11.1. The predicted molar refractivity (Wildman–Crippen MR) is 302 cm³/mol. The van der Waals surface area contributed by atoms with Crippen LogP contribution in [0.5, 0.6) is 11.5 Å². The first-order valence-corrected chi connectivity index (χ1v) is 30.2. The molecule has 16 nitrogen and oxygen atoms in total. The van der Waals surface area contributed by atoms with E-state index in [0.717, 1.165) is 55.3 Å². The predicted octanol–water partition coefficient (Wildman–Crippen LogP) is 12.0. The van der Waals surface area contributed by atoms with E-state index in [-0.39, 0.29) is 4.90 Å². The molecule has 384 valence electrons. The van der Waals surface area contributed by atoms with E-state index in [1.807, 2.05) is 130 Å². The average Bonchev–Trinajstić information content (AvgIpc) is 4.07. The normalized spacial score (nSPS) is 11.9. The molecule has 0 saturated heterocycles. The van der Waals surface area contributed by atoms with Gasteiger partial charge < -0.3 is 39.1 Å². The summed E-state index contributed by atoms with van der Waals surface area (Å²) >= 11 is 0. The van der Waals surface area contributed by atoms with Crippen LogP contribution in [-0.4, -0.2) is 86.6 Å². The van der Waals surface area contributed by atoms with E-state index in [4.69, 9.17) is 14.5 Å². The quantitative estimate of drug-likeness (QED) is 0.0686. The summed E-state index contributed by atoms with van der Waals surface area (Å²) in [6.45, 7) is 13.1. The number of aryl methyl sites for hydroxylation is 1. The number of para-hydroxylation sites is 2. The van der Waals surface area contributed by atoms with E-state index in [9.17, 15) is 17.5 Å². The van der Waals surface area contributed by atoms with Gasteiger partial charge in [-0.2, -0.15) is 4.98 Å². The third-order valence-electron chi connectivity index (χ3n) is 13.1. The summed E-state index contributed by atoms with van der Waals surface area (Å²) in [6.07, 6.45) is 11.5. The molecule has 0 bridgehead atoms. The molecule has 0 atom stereocenters. The molecule has 74 heavy (non-hydrogen) atoms. The summed E-state index contributed by atoms with van der Waals surface area (Å²) in [7, 11) is -5.15. The zero-order valence-electron chi connectivity index (χ0n) is 43.1. The summed E-state index contributed by atoms with van der Waals surface area (Å²) < 4.78 is 67.4. The van der Waals surface area contributed by atoms with Crippen LogP contribution in [0.15, 0.2) is 145 Å². The molecule has 9 aromatic rings. The minimum atomic E-state index is -3.51. The van der Waals surface area contributed by atoms with Gasteiger partial charge in [0.05, 0.1) is 70.3 Å². The number of benzene rings is 5. The van der Waals surface area contributed by atoms with Crippen molar-refractivity contribution in [3.05, 3.63) is 146 Å². The lowest BCUT2D eigenvalue weighted by Gasteiger charge is -2.17. The number of rotatable bonds is 18. The molecule has 0 saturated carbocycles. The molecule has 0 fully saturated rings. The third-order valence-corrected chi connectivity index (χ3v) is 21.8. The van der Waals surface area contributed by atoms with E-state index < -0.39 is 29.4 Å². The molecule has 0 amide bonds. The molecule has 4 heterocycles. The lowest BCUT2D eigenvalue weighted by molar-refractivity contribution is 0.416. The summed E-state index contributed by atoms with van der Waals surface area (Å²) in [5.41, 5.74) is 6.85. The highest BCUT2D eigenvalue weighted by molar-refractivity contribution is 7.92. The van der Waals surface area contributed by atoms with Crippen molar-refractivity contribution in [1.82, 2.24) is 34.1 Å². The molecule has 9 rings (SSSR count). The second kappa shape index (κ2) is 22.4. The van der Waals surface area contributed by atoms with E-state index in [0.29, 0.717) is 65.1 Å². The van der Waals surface area contributed by atoms with Gasteiger partial charge in [0.15, 0.2) is 9.84 Å². The van der Waals surface area contributed by atoms with Gasteiger partial charge in [-0.1, -0.05) is 64.1 Å². The lowest BCUT2D eigenvalue weighted by atomic mass is 10.2. The maximum atomic E-state index is 13.3. The molecule has 0 aliphatic rings. The van der Waals surface area contributed by atoms with Crippen LogP contribution in [0.25, 0.3) is 33.3 Å². The number of hydrogen-bond acceptors (Lipinski definition) is 14.